The average molecular weight is 262 g/mol. The van der Waals surface area contributed by atoms with E-state index in [0.717, 1.165) is 0 Å². The Bertz CT molecular complexity index is 570. The molecule has 2 heterocycles. The molecule has 0 fully saturated rings. The highest BCUT2D eigenvalue weighted by Gasteiger charge is 2.41. The van der Waals surface area contributed by atoms with E-state index in [1.54, 1.807) is 20.9 Å². The van der Waals surface area contributed by atoms with Crippen molar-refractivity contribution in [2.45, 2.75) is 47.0 Å². The molecule has 17 heavy (non-hydrogen) atoms. The van der Waals surface area contributed by atoms with Crippen molar-refractivity contribution in [3.8, 4) is 9.75 Å². The molecule has 2 heteroatoms. The largest absolute Gasteiger partial charge is 0.139 e. The molecule has 0 aromatic carbocycles. The van der Waals surface area contributed by atoms with E-state index in [4.69, 9.17) is 0 Å². The Hall–Kier alpha value is -0.600. The number of hydrogen-bond donors (Lipinski definition) is 0. The van der Waals surface area contributed by atoms with Gasteiger partial charge in [0.25, 0.3) is 0 Å². The Kier molecular flexibility index (Phi) is 2.19. The Balaban J connectivity index is 2.44. The van der Waals surface area contributed by atoms with Crippen molar-refractivity contribution in [2.24, 2.45) is 0 Å². The molecule has 0 nitrogen and oxygen atoms in total. The molecule has 3 rings (SSSR count). The van der Waals surface area contributed by atoms with Gasteiger partial charge in [-0.1, -0.05) is 13.8 Å². The van der Waals surface area contributed by atoms with Crippen LogP contribution in [-0.4, -0.2) is 0 Å². The van der Waals surface area contributed by atoms with Crippen molar-refractivity contribution in [3.63, 3.8) is 0 Å². The molecule has 0 radical (unpaired) electrons. The highest BCUT2D eigenvalue weighted by atomic mass is 32.1. The first-order valence-corrected chi connectivity index (χ1v) is 7.70. The summed E-state index contributed by atoms with van der Waals surface area (Å²) >= 11 is 3.96. The fourth-order valence-corrected chi connectivity index (χ4v) is 5.99. The lowest BCUT2D eigenvalue weighted by Crippen LogP contribution is -2.16. The van der Waals surface area contributed by atoms with Crippen LogP contribution in [0.1, 0.15) is 45.9 Å². The summed E-state index contributed by atoms with van der Waals surface area (Å²) in [6.45, 7) is 13.8. The molecular formula is C15H18S2. The van der Waals surface area contributed by atoms with Gasteiger partial charge in [-0.25, -0.2) is 0 Å². The van der Waals surface area contributed by atoms with Gasteiger partial charge in [0, 0.05) is 24.9 Å². The van der Waals surface area contributed by atoms with Crippen LogP contribution in [0, 0.1) is 27.7 Å². The molecular weight excluding hydrogens is 244 g/mol. The van der Waals surface area contributed by atoms with Crippen molar-refractivity contribution in [1.82, 2.24) is 0 Å². The second-order valence-corrected chi connectivity index (χ2v) is 8.05. The third-order valence-corrected chi connectivity index (χ3v) is 6.81. The summed E-state index contributed by atoms with van der Waals surface area (Å²) in [4.78, 5) is 6.05. The number of aryl methyl sites for hydroxylation is 2. The normalized spacial score (nSPS) is 16.1. The first-order valence-electron chi connectivity index (χ1n) is 6.07. The standard InChI is InChI=1S/C15H18S2/c1-7-9(3)16-13-11(7)15(5,6)12-8(2)10(4)17-14(12)13/h1-6H3. The predicted octanol–water partition coefficient (Wildman–Crippen LogP) is 5.35. The Morgan fingerprint density at radius 3 is 1.41 bits per heavy atom. The van der Waals surface area contributed by atoms with Crippen molar-refractivity contribution in [3.05, 3.63) is 32.0 Å². The van der Waals surface area contributed by atoms with Crippen LogP contribution in [0.2, 0.25) is 0 Å². The zero-order valence-electron chi connectivity index (χ0n) is 11.3. The quantitative estimate of drug-likeness (QED) is 0.600. The van der Waals surface area contributed by atoms with Gasteiger partial charge >= 0.3 is 0 Å². The zero-order chi connectivity index (χ0) is 12.5. The summed E-state index contributed by atoms with van der Waals surface area (Å²) < 4.78 is 0. The molecule has 2 aromatic heterocycles. The average Bonchev–Trinajstić information content (AvgIpc) is 2.75. The van der Waals surface area contributed by atoms with Gasteiger partial charge in [-0.05, 0) is 49.9 Å². The summed E-state index contributed by atoms with van der Waals surface area (Å²) in [5, 5.41) is 0. The van der Waals surface area contributed by atoms with Crippen LogP contribution >= 0.6 is 22.7 Å². The van der Waals surface area contributed by atoms with Crippen LogP contribution in [0.15, 0.2) is 0 Å². The molecule has 0 amide bonds. The van der Waals surface area contributed by atoms with Crippen molar-refractivity contribution >= 4 is 22.7 Å². The topological polar surface area (TPSA) is 0 Å². The number of fused-ring (bicyclic) bond motifs is 3. The van der Waals surface area contributed by atoms with E-state index >= 15 is 0 Å². The zero-order valence-corrected chi connectivity index (χ0v) is 12.9. The van der Waals surface area contributed by atoms with E-state index in [2.05, 4.69) is 41.5 Å². The number of rotatable bonds is 0. The Morgan fingerprint density at radius 2 is 1.06 bits per heavy atom. The molecule has 0 saturated heterocycles. The van der Waals surface area contributed by atoms with Crippen LogP contribution in [0.4, 0.5) is 0 Å². The molecule has 0 N–H and O–H groups in total. The van der Waals surface area contributed by atoms with Crippen LogP contribution in [0.5, 0.6) is 0 Å². The molecule has 90 valence electrons. The SMILES string of the molecule is Cc1sc2c(c1C)C(C)(C)c1c-2sc(C)c1C. The van der Waals surface area contributed by atoms with Crippen LogP contribution in [-0.2, 0) is 5.41 Å². The van der Waals surface area contributed by atoms with Gasteiger partial charge < -0.3 is 0 Å². The third-order valence-electron chi connectivity index (χ3n) is 4.23. The van der Waals surface area contributed by atoms with Gasteiger partial charge in [-0.2, -0.15) is 0 Å². The third kappa shape index (κ3) is 1.23. The summed E-state index contributed by atoms with van der Waals surface area (Å²) in [7, 11) is 0. The van der Waals surface area contributed by atoms with Crippen molar-refractivity contribution in [1.29, 1.82) is 0 Å². The molecule has 2 aromatic rings. The maximum atomic E-state index is 2.38. The Labute approximate surface area is 111 Å². The Morgan fingerprint density at radius 1 is 0.706 bits per heavy atom. The van der Waals surface area contributed by atoms with Crippen molar-refractivity contribution < 1.29 is 0 Å². The van der Waals surface area contributed by atoms with Gasteiger partial charge in [-0.3, -0.25) is 0 Å². The smallest absolute Gasteiger partial charge is 0.0492 e. The lowest BCUT2D eigenvalue weighted by atomic mass is 9.80. The fourth-order valence-electron chi connectivity index (χ4n) is 3.20. The molecule has 0 bridgehead atoms. The van der Waals surface area contributed by atoms with Gasteiger partial charge in [0.15, 0.2) is 0 Å². The summed E-state index contributed by atoms with van der Waals surface area (Å²) in [5.41, 5.74) is 6.40. The van der Waals surface area contributed by atoms with Crippen LogP contribution in [0.25, 0.3) is 9.75 Å². The van der Waals surface area contributed by atoms with Gasteiger partial charge in [0.05, 0.1) is 0 Å². The van der Waals surface area contributed by atoms with E-state index in [1.807, 2.05) is 22.7 Å². The van der Waals surface area contributed by atoms with Crippen LogP contribution < -0.4 is 0 Å². The number of hydrogen-bond acceptors (Lipinski definition) is 2. The van der Waals surface area contributed by atoms with E-state index in [-0.39, 0.29) is 5.41 Å². The minimum absolute atomic E-state index is 0.203. The van der Waals surface area contributed by atoms with Crippen LogP contribution in [0.3, 0.4) is 0 Å². The molecule has 0 atom stereocenters. The molecule has 0 aliphatic heterocycles. The van der Waals surface area contributed by atoms with E-state index in [1.165, 1.54) is 20.9 Å². The molecule has 0 spiro atoms. The second-order valence-electron chi connectivity index (χ2n) is 5.60. The minimum Gasteiger partial charge on any atom is -0.139 e. The molecule has 0 unspecified atom stereocenters. The highest BCUT2D eigenvalue weighted by Crippen LogP contribution is 2.58. The number of thiophene rings is 2. The molecule has 1 aliphatic carbocycles. The minimum atomic E-state index is 0.203. The lowest BCUT2D eigenvalue weighted by Gasteiger charge is -2.22. The van der Waals surface area contributed by atoms with E-state index in [0.29, 0.717) is 0 Å². The summed E-state index contributed by atoms with van der Waals surface area (Å²) in [5.74, 6) is 0. The molecule has 1 aliphatic rings. The lowest BCUT2D eigenvalue weighted by molar-refractivity contribution is 0.653. The van der Waals surface area contributed by atoms with E-state index < -0.39 is 0 Å². The molecule has 0 saturated carbocycles. The maximum absolute atomic E-state index is 2.38. The second kappa shape index (κ2) is 3.24. The van der Waals surface area contributed by atoms with Gasteiger partial charge in [0.2, 0.25) is 0 Å². The van der Waals surface area contributed by atoms with Gasteiger partial charge in [-0.15, -0.1) is 22.7 Å². The highest BCUT2D eigenvalue weighted by molar-refractivity contribution is 7.22. The van der Waals surface area contributed by atoms with Gasteiger partial charge in [0.1, 0.15) is 0 Å². The van der Waals surface area contributed by atoms with Crippen molar-refractivity contribution in [2.75, 3.05) is 0 Å². The van der Waals surface area contributed by atoms with E-state index in [9.17, 15) is 0 Å². The fraction of sp³-hybridized carbons (Fsp3) is 0.467. The maximum Gasteiger partial charge on any atom is 0.0492 e. The monoisotopic (exact) mass is 262 g/mol. The first-order chi connectivity index (χ1) is 7.85. The first kappa shape index (κ1) is 11.5. The predicted molar refractivity (Wildman–Crippen MR) is 78.7 cm³/mol. The summed E-state index contributed by atoms with van der Waals surface area (Å²) in [6, 6.07) is 0. The summed E-state index contributed by atoms with van der Waals surface area (Å²) in [6.07, 6.45) is 0.